The van der Waals surface area contributed by atoms with Gasteiger partial charge in [-0.2, -0.15) is 15.0 Å². The van der Waals surface area contributed by atoms with Crippen LogP contribution in [0.15, 0.2) is 18.2 Å². The molecule has 2 aromatic rings. The summed E-state index contributed by atoms with van der Waals surface area (Å²) in [5, 5.41) is 0. The average Bonchev–Trinajstić information content (AvgIpc) is 3.18. The van der Waals surface area contributed by atoms with Gasteiger partial charge in [0.2, 0.25) is 17.8 Å². The first-order valence-electron chi connectivity index (χ1n) is 11.8. The van der Waals surface area contributed by atoms with Gasteiger partial charge in [-0.05, 0) is 44.6 Å². The Balaban J connectivity index is 1.46. The summed E-state index contributed by atoms with van der Waals surface area (Å²) >= 11 is 0. The molecule has 8 heteroatoms. The highest BCUT2D eigenvalue weighted by Crippen LogP contribution is 2.26. The maximum absolute atomic E-state index is 6.13. The zero-order valence-electron chi connectivity index (χ0n) is 18.2. The summed E-state index contributed by atoms with van der Waals surface area (Å²) < 4.78 is 11.7. The summed E-state index contributed by atoms with van der Waals surface area (Å²) in [6, 6.07) is 5.88. The molecule has 3 aliphatic rings. The number of ether oxygens (including phenoxy) is 2. The van der Waals surface area contributed by atoms with Gasteiger partial charge in [0, 0.05) is 32.2 Å². The van der Waals surface area contributed by atoms with E-state index in [1.165, 1.54) is 38.5 Å². The summed E-state index contributed by atoms with van der Waals surface area (Å²) in [4.78, 5) is 23.8. The number of morpholine rings is 1. The lowest BCUT2D eigenvalue weighted by Crippen LogP contribution is -2.38. The van der Waals surface area contributed by atoms with Crippen LogP contribution in [-0.4, -0.2) is 65.4 Å². The van der Waals surface area contributed by atoms with E-state index in [0.29, 0.717) is 24.9 Å². The topological polar surface area (TPSA) is 76.5 Å². The molecule has 0 radical (unpaired) electrons. The Hall–Kier alpha value is -2.48. The summed E-state index contributed by atoms with van der Waals surface area (Å²) in [7, 11) is 0. The fourth-order valence-electron chi connectivity index (χ4n) is 4.57. The van der Waals surface area contributed by atoms with E-state index in [9.17, 15) is 0 Å². The third kappa shape index (κ3) is 5.06. The van der Waals surface area contributed by atoms with Gasteiger partial charge in [-0.1, -0.05) is 18.9 Å². The van der Waals surface area contributed by atoms with Crippen molar-refractivity contribution in [3.63, 3.8) is 0 Å². The Morgan fingerprint density at radius 2 is 1.42 bits per heavy atom. The highest BCUT2D eigenvalue weighted by molar-refractivity contribution is 5.55. The van der Waals surface area contributed by atoms with Gasteiger partial charge >= 0.3 is 0 Å². The van der Waals surface area contributed by atoms with Crippen LogP contribution in [0.25, 0.3) is 11.5 Å². The van der Waals surface area contributed by atoms with E-state index in [-0.39, 0.29) is 6.10 Å². The van der Waals surface area contributed by atoms with Crippen molar-refractivity contribution in [1.82, 2.24) is 19.9 Å². The van der Waals surface area contributed by atoms with Gasteiger partial charge in [0.15, 0.2) is 5.82 Å². The van der Waals surface area contributed by atoms with Crippen molar-refractivity contribution in [1.29, 1.82) is 0 Å². The molecule has 2 saturated heterocycles. The fourth-order valence-corrected chi connectivity index (χ4v) is 4.57. The summed E-state index contributed by atoms with van der Waals surface area (Å²) in [5.74, 6) is 2.76. The molecule has 1 aliphatic carbocycles. The van der Waals surface area contributed by atoms with Crippen LogP contribution in [0.1, 0.15) is 51.4 Å². The maximum atomic E-state index is 6.13. The molecule has 0 bridgehead atoms. The van der Waals surface area contributed by atoms with Gasteiger partial charge in [0.1, 0.15) is 11.8 Å². The molecule has 31 heavy (non-hydrogen) atoms. The van der Waals surface area contributed by atoms with Crippen molar-refractivity contribution in [2.45, 2.75) is 57.5 Å². The van der Waals surface area contributed by atoms with Gasteiger partial charge in [-0.15, -0.1) is 0 Å². The van der Waals surface area contributed by atoms with Gasteiger partial charge in [-0.25, -0.2) is 4.98 Å². The first-order chi connectivity index (χ1) is 15.3. The molecular weight excluding hydrogens is 392 g/mol. The van der Waals surface area contributed by atoms with E-state index in [1.54, 1.807) is 0 Å². The molecule has 0 N–H and O–H groups in total. The molecule has 0 amide bonds. The van der Waals surface area contributed by atoms with Crippen LogP contribution in [0.5, 0.6) is 5.88 Å². The van der Waals surface area contributed by atoms with Crippen molar-refractivity contribution in [2.24, 2.45) is 0 Å². The third-order valence-corrected chi connectivity index (χ3v) is 6.34. The van der Waals surface area contributed by atoms with E-state index in [2.05, 4.69) is 9.80 Å². The fraction of sp³-hybridized carbons (Fsp3) is 0.652. The first kappa shape index (κ1) is 20.4. The predicted octanol–water partition coefficient (Wildman–Crippen LogP) is 3.47. The van der Waals surface area contributed by atoms with Crippen molar-refractivity contribution in [3.05, 3.63) is 18.2 Å². The largest absolute Gasteiger partial charge is 0.474 e. The van der Waals surface area contributed by atoms with Crippen molar-refractivity contribution in [2.75, 3.05) is 49.2 Å². The Kier molecular flexibility index (Phi) is 6.43. The minimum atomic E-state index is 0.276. The maximum Gasteiger partial charge on any atom is 0.230 e. The molecule has 1 saturated carbocycles. The van der Waals surface area contributed by atoms with Crippen LogP contribution >= 0.6 is 0 Å². The second kappa shape index (κ2) is 9.77. The van der Waals surface area contributed by atoms with Crippen LogP contribution in [0, 0.1) is 0 Å². The molecule has 8 nitrogen and oxygen atoms in total. The smallest absolute Gasteiger partial charge is 0.230 e. The molecule has 2 aliphatic heterocycles. The lowest BCUT2D eigenvalue weighted by atomic mass is 10.2. The minimum absolute atomic E-state index is 0.276. The van der Waals surface area contributed by atoms with E-state index in [4.69, 9.17) is 29.4 Å². The second-order valence-electron chi connectivity index (χ2n) is 8.65. The van der Waals surface area contributed by atoms with Crippen LogP contribution in [0.3, 0.4) is 0 Å². The van der Waals surface area contributed by atoms with E-state index in [1.807, 2.05) is 18.2 Å². The number of pyridine rings is 1. The van der Waals surface area contributed by atoms with Crippen LogP contribution in [-0.2, 0) is 4.74 Å². The van der Waals surface area contributed by atoms with Gasteiger partial charge in [-0.3, -0.25) is 0 Å². The standard InChI is InChI=1S/C23H32N6O2/c1-2-6-13-28(12-5-1)22-25-21(26-23(27-22)29-14-16-30-17-15-29)19-10-7-11-20(24-19)31-18-8-3-4-9-18/h7,10-11,18H,1-6,8-9,12-17H2. The summed E-state index contributed by atoms with van der Waals surface area (Å²) in [5.41, 5.74) is 0.739. The number of hydrogen-bond acceptors (Lipinski definition) is 8. The zero-order chi connectivity index (χ0) is 20.9. The summed E-state index contributed by atoms with van der Waals surface area (Å²) in [6.07, 6.45) is 9.86. The Morgan fingerprint density at radius 3 is 2.13 bits per heavy atom. The molecule has 0 unspecified atom stereocenters. The van der Waals surface area contributed by atoms with Gasteiger partial charge in [0.25, 0.3) is 0 Å². The second-order valence-corrected chi connectivity index (χ2v) is 8.65. The normalized spacial score (nSPS) is 20.6. The molecule has 2 aromatic heterocycles. The van der Waals surface area contributed by atoms with E-state index in [0.717, 1.165) is 56.6 Å². The van der Waals surface area contributed by atoms with Gasteiger partial charge in [0.05, 0.1) is 13.2 Å². The Bertz CT molecular complexity index is 859. The Morgan fingerprint density at radius 1 is 0.742 bits per heavy atom. The van der Waals surface area contributed by atoms with Crippen LogP contribution in [0.2, 0.25) is 0 Å². The lowest BCUT2D eigenvalue weighted by Gasteiger charge is -2.28. The van der Waals surface area contributed by atoms with Crippen molar-refractivity contribution in [3.8, 4) is 17.4 Å². The molecule has 0 aromatic carbocycles. The molecular formula is C23H32N6O2. The van der Waals surface area contributed by atoms with Crippen molar-refractivity contribution < 1.29 is 9.47 Å². The monoisotopic (exact) mass is 424 g/mol. The third-order valence-electron chi connectivity index (χ3n) is 6.34. The highest BCUT2D eigenvalue weighted by atomic mass is 16.5. The zero-order valence-corrected chi connectivity index (χ0v) is 18.2. The van der Waals surface area contributed by atoms with Crippen molar-refractivity contribution >= 4 is 11.9 Å². The molecule has 3 fully saturated rings. The average molecular weight is 425 g/mol. The SMILES string of the molecule is c1cc(OC2CCCC2)nc(-c2nc(N3CCCCCC3)nc(N3CCOCC3)n2)c1. The predicted molar refractivity (Wildman–Crippen MR) is 120 cm³/mol. The molecule has 0 atom stereocenters. The molecule has 5 rings (SSSR count). The molecule has 4 heterocycles. The molecule has 0 spiro atoms. The quantitative estimate of drug-likeness (QED) is 0.722. The number of nitrogens with zero attached hydrogens (tertiary/aromatic N) is 6. The van der Waals surface area contributed by atoms with Gasteiger partial charge < -0.3 is 19.3 Å². The Labute approximate surface area is 184 Å². The first-order valence-corrected chi connectivity index (χ1v) is 11.8. The minimum Gasteiger partial charge on any atom is -0.474 e. The molecule has 166 valence electrons. The van der Waals surface area contributed by atoms with Crippen LogP contribution in [0.4, 0.5) is 11.9 Å². The van der Waals surface area contributed by atoms with E-state index < -0.39 is 0 Å². The number of hydrogen-bond donors (Lipinski definition) is 0. The van der Waals surface area contributed by atoms with Crippen LogP contribution < -0.4 is 14.5 Å². The van der Waals surface area contributed by atoms with E-state index >= 15 is 0 Å². The number of aromatic nitrogens is 4. The lowest BCUT2D eigenvalue weighted by molar-refractivity contribution is 0.122. The number of anilines is 2. The summed E-state index contributed by atoms with van der Waals surface area (Å²) in [6.45, 7) is 4.96. The highest BCUT2D eigenvalue weighted by Gasteiger charge is 2.22. The number of rotatable bonds is 5.